The third-order valence-electron chi connectivity index (χ3n) is 1.62. The molecule has 1 aromatic carbocycles. The van der Waals surface area contributed by atoms with Crippen molar-refractivity contribution in [1.29, 1.82) is 0 Å². The second kappa shape index (κ2) is 14.1. The summed E-state index contributed by atoms with van der Waals surface area (Å²) in [7, 11) is 1.65. The van der Waals surface area contributed by atoms with Gasteiger partial charge in [-0.1, -0.05) is 31.5 Å². The molecule has 0 heterocycles. The predicted octanol–water partition coefficient (Wildman–Crippen LogP) is 2.62. The van der Waals surface area contributed by atoms with Crippen molar-refractivity contribution in [3.63, 3.8) is 0 Å². The highest BCUT2D eigenvalue weighted by molar-refractivity contribution is 6.33. The third-order valence-corrected chi connectivity index (χ3v) is 1.95. The van der Waals surface area contributed by atoms with Crippen LogP contribution in [0, 0.1) is 6.92 Å². The average molecular weight is 276 g/mol. The van der Waals surface area contributed by atoms with E-state index in [1.807, 2.05) is 26.8 Å². The Labute approximate surface area is 114 Å². The van der Waals surface area contributed by atoms with E-state index in [2.05, 4.69) is 10.3 Å². The molecule has 18 heavy (non-hydrogen) atoms. The molecule has 0 bridgehead atoms. The highest BCUT2D eigenvalue weighted by Crippen LogP contribution is 2.14. The molecular formula is C13H22ClNO3. The highest BCUT2D eigenvalue weighted by atomic mass is 35.5. The van der Waals surface area contributed by atoms with Gasteiger partial charge < -0.3 is 5.11 Å². The number of aliphatic hydroxyl groups is 1. The highest BCUT2D eigenvalue weighted by Gasteiger charge is 1.96. The molecule has 0 unspecified atom stereocenters. The minimum absolute atomic E-state index is 0.0703. The molecule has 2 N–H and O–H groups in total. The molecule has 0 saturated carbocycles. The Hall–Kier alpha value is -0.940. The van der Waals surface area contributed by atoms with Crippen LogP contribution in [0.2, 0.25) is 5.02 Å². The lowest BCUT2D eigenvalue weighted by Gasteiger charge is -1.95. The Bertz CT molecular complexity index is 315. The zero-order valence-electron chi connectivity index (χ0n) is 11.4. The van der Waals surface area contributed by atoms with Gasteiger partial charge in [-0.3, -0.25) is 9.63 Å². The van der Waals surface area contributed by atoms with Crippen LogP contribution in [0.1, 0.15) is 29.8 Å². The molecule has 0 aliphatic carbocycles. The summed E-state index contributed by atoms with van der Waals surface area (Å²) in [4.78, 5) is 14.7. The summed E-state index contributed by atoms with van der Waals surface area (Å²) in [6.07, 6.45) is 0.752. The van der Waals surface area contributed by atoms with Gasteiger partial charge in [0, 0.05) is 12.6 Å². The number of halogens is 1. The van der Waals surface area contributed by atoms with Crippen molar-refractivity contribution in [3.8, 4) is 0 Å². The maximum atomic E-state index is 10.3. The molecule has 0 spiro atoms. The van der Waals surface area contributed by atoms with E-state index in [1.54, 1.807) is 19.2 Å². The number of carbonyl (C=O) groups is 1. The van der Waals surface area contributed by atoms with Gasteiger partial charge in [0.05, 0.1) is 18.2 Å². The Kier molecular flexibility index (Phi) is 15.2. The molecule has 104 valence electrons. The van der Waals surface area contributed by atoms with Crippen LogP contribution in [0.4, 0.5) is 0 Å². The van der Waals surface area contributed by atoms with E-state index in [0.29, 0.717) is 17.2 Å². The second-order valence-electron chi connectivity index (χ2n) is 2.92. The van der Waals surface area contributed by atoms with Gasteiger partial charge in [0.15, 0.2) is 6.29 Å². The fourth-order valence-electron chi connectivity index (χ4n) is 0.875. The number of hydrogen-bond donors (Lipinski definition) is 2. The maximum Gasteiger partial charge on any atom is 0.151 e. The molecule has 0 fully saturated rings. The van der Waals surface area contributed by atoms with Gasteiger partial charge in [-0.15, -0.1) is 0 Å². The number of benzene rings is 1. The number of aliphatic hydroxyl groups excluding tert-OH is 1. The third kappa shape index (κ3) is 10.2. The van der Waals surface area contributed by atoms with E-state index in [9.17, 15) is 4.79 Å². The second-order valence-corrected chi connectivity index (χ2v) is 3.33. The van der Waals surface area contributed by atoms with Crippen LogP contribution in [0.15, 0.2) is 18.2 Å². The maximum absolute atomic E-state index is 10.3. The summed E-state index contributed by atoms with van der Waals surface area (Å²) in [5.74, 6) is 0. The molecular weight excluding hydrogens is 254 g/mol. The number of rotatable bonds is 4. The van der Waals surface area contributed by atoms with Gasteiger partial charge in [0.1, 0.15) is 0 Å². The van der Waals surface area contributed by atoms with E-state index < -0.39 is 0 Å². The Morgan fingerprint density at radius 3 is 2.39 bits per heavy atom. The van der Waals surface area contributed by atoms with Crippen molar-refractivity contribution in [1.82, 2.24) is 5.48 Å². The Balaban J connectivity index is 0. The van der Waals surface area contributed by atoms with E-state index in [4.69, 9.17) is 16.7 Å². The SMILES string of the molecule is CC.CNOCCO.Cc1ccc(C=O)c(Cl)c1. The molecule has 0 radical (unpaired) electrons. The average Bonchev–Trinajstić information content (AvgIpc) is 2.39. The summed E-state index contributed by atoms with van der Waals surface area (Å²) < 4.78 is 0. The van der Waals surface area contributed by atoms with Crippen LogP contribution < -0.4 is 5.48 Å². The first kappa shape index (κ1) is 19.4. The number of aryl methyl sites for hydroxylation is 1. The van der Waals surface area contributed by atoms with Crippen LogP contribution in [-0.2, 0) is 4.84 Å². The zero-order chi connectivity index (χ0) is 14.4. The van der Waals surface area contributed by atoms with Gasteiger partial charge in [-0.05, 0) is 24.6 Å². The van der Waals surface area contributed by atoms with Crippen LogP contribution in [0.3, 0.4) is 0 Å². The quantitative estimate of drug-likeness (QED) is 0.504. The lowest BCUT2D eigenvalue weighted by molar-refractivity contribution is 0.0314. The number of hydrogen-bond acceptors (Lipinski definition) is 4. The number of carbonyl (C=O) groups excluding carboxylic acids is 1. The summed E-state index contributed by atoms with van der Waals surface area (Å²) >= 11 is 5.70. The van der Waals surface area contributed by atoms with Crippen LogP contribution in [0.25, 0.3) is 0 Å². The molecule has 0 aliphatic rings. The van der Waals surface area contributed by atoms with Crippen molar-refractivity contribution in [3.05, 3.63) is 34.3 Å². The lowest BCUT2D eigenvalue weighted by atomic mass is 10.2. The minimum atomic E-state index is 0.0703. The molecule has 1 aromatic rings. The smallest absolute Gasteiger partial charge is 0.151 e. The molecule has 0 aliphatic heterocycles. The van der Waals surface area contributed by atoms with Crippen molar-refractivity contribution in [2.75, 3.05) is 20.3 Å². The normalized spacial score (nSPS) is 8.56. The molecule has 1 rings (SSSR count). The standard InChI is InChI=1S/C8H7ClO.C3H9NO2.C2H6/c1-6-2-3-7(5-10)8(9)4-6;1-4-6-3-2-5;1-2/h2-5H,1H3;4-5H,2-3H2,1H3;1-2H3. The van der Waals surface area contributed by atoms with Crippen LogP contribution in [-0.4, -0.2) is 31.7 Å². The summed E-state index contributed by atoms with van der Waals surface area (Å²) in [6.45, 7) is 6.36. The summed E-state index contributed by atoms with van der Waals surface area (Å²) in [6, 6.07) is 5.34. The van der Waals surface area contributed by atoms with Crippen molar-refractivity contribution >= 4 is 17.9 Å². The van der Waals surface area contributed by atoms with Gasteiger partial charge in [-0.2, -0.15) is 0 Å². The number of nitrogens with one attached hydrogen (secondary N) is 1. The van der Waals surface area contributed by atoms with Gasteiger partial charge in [-0.25, -0.2) is 5.48 Å². The predicted molar refractivity (Wildman–Crippen MR) is 75.0 cm³/mol. The minimum Gasteiger partial charge on any atom is -0.394 e. The van der Waals surface area contributed by atoms with Crippen LogP contribution in [0.5, 0.6) is 0 Å². The topological polar surface area (TPSA) is 58.6 Å². The first-order valence-corrected chi connectivity index (χ1v) is 6.14. The molecule has 0 amide bonds. The van der Waals surface area contributed by atoms with Crippen molar-refractivity contribution < 1.29 is 14.7 Å². The fraction of sp³-hybridized carbons (Fsp3) is 0.462. The van der Waals surface area contributed by atoms with Gasteiger partial charge >= 0.3 is 0 Å². The lowest BCUT2D eigenvalue weighted by Crippen LogP contribution is -2.10. The Morgan fingerprint density at radius 2 is 2.06 bits per heavy atom. The first-order valence-electron chi connectivity index (χ1n) is 5.76. The van der Waals surface area contributed by atoms with E-state index in [0.717, 1.165) is 11.8 Å². The van der Waals surface area contributed by atoms with Crippen molar-refractivity contribution in [2.24, 2.45) is 0 Å². The largest absolute Gasteiger partial charge is 0.394 e. The van der Waals surface area contributed by atoms with Crippen LogP contribution >= 0.6 is 11.6 Å². The van der Waals surface area contributed by atoms with E-state index in [-0.39, 0.29) is 6.61 Å². The monoisotopic (exact) mass is 275 g/mol. The fourth-order valence-corrected chi connectivity index (χ4v) is 1.16. The number of aldehydes is 1. The number of hydroxylamine groups is 1. The Morgan fingerprint density at radius 1 is 1.44 bits per heavy atom. The zero-order valence-corrected chi connectivity index (χ0v) is 12.1. The summed E-state index contributed by atoms with van der Waals surface area (Å²) in [5.41, 5.74) is 4.02. The summed E-state index contributed by atoms with van der Waals surface area (Å²) in [5, 5.41) is 8.56. The van der Waals surface area contributed by atoms with Crippen molar-refractivity contribution in [2.45, 2.75) is 20.8 Å². The molecule has 0 atom stereocenters. The molecule has 0 saturated heterocycles. The van der Waals surface area contributed by atoms with E-state index >= 15 is 0 Å². The first-order chi connectivity index (χ1) is 8.65. The van der Waals surface area contributed by atoms with Gasteiger partial charge in [0.25, 0.3) is 0 Å². The molecule has 0 aromatic heterocycles. The van der Waals surface area contributed by atoms with Gasteiger partial charge in [0.2, 0.25) is 0 Å². The van der Waals surface area contributed by atoms with E-state index in [1.165, 1.54) is 0 Å². The molecule has 5 heteroatoms. The molecule has 4 nitrogen and oxygen atoms in total.